The van der Waals surface area contributed by atoms with Crippen molar-refractivity contribution in [3.8, 4) is 0 Å². The van der Waals surface area contributed by atoms with Gasteiger partial charge in [0.2, 0.25) is 11.8 Å². The van der Waals surface area contributed by atoms with Crippen molar-refractivity contribution in [3.63, 3.8) is 0 Å². The van der Waals surface area contributed by atoms with Gasteiger partial charge in [-0.15, -0.1) is 0 Å². The van der Waals surface area contributed by atoms with Crippen LogP contribution >= 0.6 is 0 Å². The Morgan fingerprint density at radius 3 is 2.50 bits per heavy atom. The maximum Gasteiger partial charge on any atom is 0.248 e. The number of carbonyl (C=O) groups is 2. The molecule has 1 N–H and O–H groups in total. The molecule has 154 valence electrons. The normalized spacial score (nSPS) is 31.0. The first-order valence-corrected chi connectivity index (χ1v) is 10.6. The van der Waals surface area contributed by atoms with Crippen LogP contribution < -0.4 is 0 Å². The molecule has 7 nitrogen and oxygen atoms in total. The summed E-state index contributed by atoms with van der Waals surface area (Å²) in [6.45, 7) is 5.09. The number of aliphatic hydroxyl groups excluding tert-OH is 1. The van der Waals surface area contributed by atoms with Gasteiger partial charge >= 0.3 is 0 Å². The first-order valence-electron chi connectivity index (χ1n) is 10.6. The molecule has 1 atom stereocenters. The summed E-state index contributed by atoms with van der Waals surface area (Å²) in [5, 5.41) is 13.8. The Balaban J connectivity index is 1.53. The number of nitrogens with zero attached hydrogens (tertiary/aromatic N) is 3. The molecular formula is C21H31N3O4. The summed E-state index contributed by atoms with van der Waals surface area (Å²) in [6, 6.07) is 0.202. The van der Waals surface area contributed by atoms with E-state index in [9.17, 15) is 14.7 Å². The van der Waals surface area contributed by atoms with Crippen LogP contribution in [0.25, 0.3) is 0 Å². The highest BCUT2D eigenvalue weighted by Gasteiger charge is 2.53. The van der Waals surface area contributed by atoms with Gasteiger partial charge in [0.05, 0.1) is 18.2 Å². The molecule has 7 heteroatoms. The van der Waals surface area contributed by atoms with Crippen LogP contribution in [0.3, 0.4) is 0 Å². The molecule has 1 unspecified atom stereocenters. The molecule has 1 saturated carbocycles. The summed E-state index contributed by atoms with van der Waals surface area (Å²) in [5.41, 5.74) is 0.912. The predicted molar refractivity (Wildman–Crippen MR) is 103 cm³/mol. The summed E-state index contributed by atoms with van der Waals surface area (Å²) >= 11 is 0. The van der Waals surface area contributed by atoms with Crippen LogP contribution in [0, 0.1) is 13.8 Å². The number of amides is 2. The van der Waals surface area contributed by atoms with Gasteiger partial charge in [0.1, 0.15) is 11.3 Å². The molecule has 1 aliphatic carbocycles. The molecule has 0 aromatic carbocycles. The van der Waals surface area contributed by atoms with Gasteiger partial charge in [-0.3, -0.25) is 9.59 Å². The van der Waals surface area contributed by atoms with Crippen LogP contribution in [0.15, 0.2) is 4.52 Å². The number of aromatic nitrogens is 1. The molecule has 2 aliphatic heterocycles. The largest absolute Gasteiger partial charge is 0.393 e. The summed E-state index contributed by atoms with van der Waals surface area (Å²) in [4.78, 5) is 30.7. The van der Waals surface area contributed by atoms with Crippen molar-refractivity contribution in [1.82, 2.24) is 15.0 Å². The molecule has 4 rings (SSSR count). The maximum absolute atomic E-state index is 13.6. The number of likely N-dealkylation sites (tertiary alicyclic amines) is 2. The first kappa shape index (κ1) is 19.4. The second-order valence-electron chi connectivity index (χ2n) is 8.72. The number of aryl methyl sites for hydroxylation is 2. The Bertz CT molecular complexity index is 733. The second kappa shape index (κ2) is 7.50. The third-order valence-electron chi connectivity index (χ3n) is 7.05. The summed E-state index contributed by atoms with van der Waals surface area (Å²) in [6.07, 6.45) is 6.56. The standard InChI is InChI=1S/C21H31N3O4/c1-14-18(15(2)28-22-14)13-19(26)24-12-4-10-21(24)9-3-11-23(20(21)27)16-5-7-17(25)8-6-16/h16-17,25H,3-13H2,1-2H3. The van der Waals surface area contributed by atoms with Crippen molar-refractivity contribution in [2.75, 3.05) is 13.1 Å². The fourth-order valence-electron chi connectivity index (χ4n) is 5.46. The minimum absolute atomic E-state index is 0.00108. The fourth-order valence-corrected chi connectivity index (χ4v) is 5.46. The zero-order valence-corrected chi connectivity index (χ0v) is 16.9. The average molecular weight is 389 g/mol. The van der Waals surface area contributed by atoms with Gasteiger partial charge in [0.25, 0.3) is 0 Å². The molecule has 2 saturated heterocycles. The Kier molecular flexibility index (Phi) is 5.21. The molecule has 28 heavy (non-hydrogen) atoms. The summed E-state index contributed by atoms with van der Waals surface area (Å²) < 4.78 is 5.21. The van der Waals surface area contributed by atoms with E-state index in [1.54, 1.807) is 0 Å². The number of hydrogen-bond donors (Lipinski definition) is 1. The van der Waals surface area contributed by atoms with E-state index in [4.69, 9.17) is 4.52 Å². The molecule has 3 heterocycles. The summed E-state index contributed by atoms with van der Waals surface area (Å²) in [7, 11) is 0. The van der Waals surface area contributed by atoms with Gasteiger partial charge in [-0.1, -0.05) is 5.16 Å². The number of piperidine rings is 1. The Morgan fingerprint density at radius 2 is 1.86 bits per heavy atom. The number of aliphatic hydroxyl groups is 1. The van der Waals surface area contributed by atoms with E-state index in [0.29, 0.717) is 12.3 Å². The van der Waals surface area contributed by atoms with E-state index in [1.807, 2.05) is 23.6 Å². The molecule has 2 amide bonds. The second-order valence-corrected chi connectivity index (χ2v) is 8.72. The molecule has 3 aliphatic rings. The lowest BCUT2D eigenvalue weighted by atomic mass is 9.82. The number of carbonyl (C=O) groups excluding carboxylic acids is 2. The zero-order chi connectivity index (χ0) is 19.9. The Labute approximate surface area is 166 Å². The third kappa shape index (κ3) is 3.23. The maximum atomic E-state index is 13.6. The molecule has 1 spiro atoms. The van der Waals surface area contributed by atoms with Crippen LogP contribution in [0.4, 0.5) is 0 Å². The van der Waals surface area contributed by atoms with Crippen LogP contribution in [-0.4, -0.2) is 62.7 Å². The minimum atomic E-state index is -0.676. The molecule has 1 aromatic heterocycles. The van der Waals surface area contributed by atoms with Crippen LogP contribution in [0.1, 0.15) is 68.4 Å². The van der Waals surface area contributed by atoms with Gasteiger partial charge in [0, 0.05) is 24.7 Å². The SMILES string of the molecule is Cc1noc(C)c1CC(=O)N1CCCC12CCCN(C1CCC(O)CC1)C2=O. The smallest absolute Gasteiger partial charge is 0.248 e. The molecule has 0 radical (unpaired) electrons. The Morgan fingerprint density at radius 1 is 1.18 bits per heavy atom. The van der Waals surface area contributed by atoms with E-state index in [1.165, 1.54) is 0 Å². The first-order chi connectivity index (χ1) is 13.4. The van der Waals surface area contributed by atoms with Crippen molar-refractivity contribution in [2.45, 2.75) is 89.3 Å². The van der Waals surface area contributed by atoms with Crippen LogP contribution in [0.5, 0.6) is 0 Å². The third-order valence-corrected chi connectivity index (χ3v) is 7.05. The van der Waals surface area contributed by atoms with E-state index in [2.05, 4.69) is 5.16 Å². The monoisotopic (exact) mass is 389 g/mol. The highest BCUT2D eigenvalue weighted by molar-refractivity contribution is 5.93. The lowest BCUT2D eigenvalue weighted by molar-refractivity contribution is -0.158. The van der Waals surface area contributed by atoms with Crippen molar-refractivity contribution < 1.29 is 19.2 Å². The predicted octanol–water partition coefficient (Wildman–Crippen LogP) is 2.12. The zero-order valence-electron chi connectivity index (χ0n) is 16.9. The lowest BCUT2D eigenvalue weighted by Gasteiger charge is -2.48. The number of rotatable bonds is 3. The summed E-state index contributed by atoms with van der Waals surface area (Å²) in [5.74, 6) is 0.808. The molecular weight excluding hydrogens is 358 g/mol. The van der Waals surface area contributed by atoms with Gasteiger partial charge < -0.3 is 19.4 Å². The topological polar surface area (TPSA) is 86.9 Å². The van der Waals surface area contributed by atoms with Crippen LogP contribution in [0.2, 0.25) is 0 Å². The van der Waals surface area contributed by atoms with Crippen molar-refractivity contribution in [2.24, 2.45) is 0 Å². The van der Waals surface area contributed by atoms with Crippen LogP contribution in [-0.2, 0) is 16.0 Å². The molecule has 3 fully saturated rings. The van der Waals surface area contributed by atoms with Gasteiger partial charge in [-0.2, -0.15) is 0 Å². The van der Waals surface area contributed by atoms with E-state index >= 15 is 0 Å². The van der Waals surface area contributed by atoms with E-state index < -0.39 is 5.54 Å². The quantitative estimate of drug-likeness (QED) is 0.856. The average Bonchev–Trinajstić information content (AvgIpc) is 3.24. The van der Waals surface area contributed by atoms with E-state index in [-0.39, 0.29) is 30.4 Å². The van der Waals surface area contributed by atoms with Crippen molar-refractivity contribution in [1.29, 1.82) is 0 Å². The highest BCUT2D eigenvalue weighted by atomic mass is 16.5. The minimum Gasteiger partial charge on any atom is -0.393 e. The molecule has 1 aromatic rings. The number of hydrogen-bond acceptors (Lipinski definition) is 5. The lowest BCUT2D eigenvalue weighted by Crippen LogP contribution is -2.63. The van der Waals surface area contributed by atoms with Gasteiger partial charge in [-0.05, 0) is 65.2 Å². The fraction of sp³-hybridized carbons (Fsp3) is 0.762. The van der Waals surface area contributed by atoms with E-state index in [0.717, 1.165) is 69.2 Å². The van der Waals surface area contributed by atoms with Gasteiger partial charge in [0.15, 0.2) is 0 Å². The Hall–Kier alpha value is -1.89. The molecule has 0 bridgehead atoms. The van der Waals surface area contributed by atoms with Gasteiger partial charge in [-0.25, -0.2) is 0 Å². The highest BCUT2D eigenvalue weighted by Crippen LogP contribution is 2.40. The van der Waals surface area contributed by atoms with Crippen molar-refractivity contribution in [3.05, 3.63) is 17.0 Å². The van der Waals surface area contributed by atoms with Crippen molar-refractivity contribution >= 4 is 11.8 Å².